The van der Waals surface area contributed by atoms with Gasteiger partial charge in [-0.1, -0.05) is 6.42 Å². The van der Waals surface area contributed by atoms with Gasteiger partial charge in [0, 0.05) is 24.9 Å². The number of amides is 1. The summed E-state index contributed by atoms with van der Waals surface area (Å²) in [5.74, 6) is 1.23. The number of rotatable bonds is 8. The van der Waals surface area contributed by atoms with Crippen LogP contribution in [0.15, 0.2) is 6.20 Å². The average Bonchev–Trinajstić information content (AvgIpc) is 2.55. The summed E-state index contributed by atoms with van der Waals surface area (Å²) in [6, 6.07) is 0.606. The molecule has 0 spiro atoms. The van der Waals surface area contributed by atoms with Gasteiger partial charge in [-0.25, -0.2) is 4.98 Å². The van der Waals surface area contributed by atoms with Crippen molar-refractivity contribution in [3.63, 3.8) is 0 Å². The lowest BCUT2D eigenvalue weighted by molar-refractivity contribution is 0.0346. The first kappa shape index (κ1) is 18.9. The van der Waals surface area contributed by atoms with Gasteiger partial charge < -0.3 is 21.1 Å². The predicted octanol–water partition coefficient (Wildman–Crippen LogP) is 2.94. The van der Waals surface area contributed by atoms with Gasteiger partial charge in [-0.05, 0) is 58.3 Å². The molecule has 0 aromatic carbocycles. The second-order valence-electron chi connectivity index (χ2n) is 7.52. The highest BCUT2D eigenvalue weighted by Gasteiger charge is 2.26. The second kappa shape index (κ2) is 8.66. The number of carbonyl (C=O) groups excluding carboxylic acids is 1. The Morgan fingerprint density at radius 1 is 1.31 bits per heavy atom. The standard InChI is InChI=1S/C19H31N5O2/c1-3-26-15-9-7-14(8-10-15)23-19-21-11-16(17(20)25)18(24-19)22-12(2)13-5-4-6-13/h11-15H,3-10H2,1-2H3,(H2,20,25)(H2,21,22,23,24)/t12-,14?,15?/m0/s1. The molecule has 2 aliphatic carbocycles. The molecular formula is C19H31N5O2. The number of hydrogen-bond acceptors (Lipinski definition) is 6. The molecule has 4 N–H and O–H groups in total. The highest BCUT2D eigenvalue weighted by atomic mass is 16.5. The van der Waals surface area contributed by atoms with E-state index in [0.29, 0.717) is 35.4 Å². The van der Waals surface area contributed by atoms with Gasteiger partial charge in [-0.2, -0.15) is 4.98 Å². The summed E-state index contributed by atoms with van der Waals surface area (Å²) < 4.78 is 5.70. The summed E-state index contributed by atoms with van der Waals surface area (Å²) in [5.41, 5.74) is 5.85. The van der Waals surface area contributed by atoms with Crippen LogP contribution in [0.2, 0.25) is 0 Å². The fraction of sp³-hybridized carbons (Fsp3) is 0.737. The van der Waals surface area contributed by atoms with Crippen molar-refractivity contribution in [2.24, 2.45) is 11.7 Å². The third-order valence-corrected chi connectivity index (χ3v) is 5.69. The maximum atomic E-state index is 11.7. The maximum Gasteiger partial charge on any atom is 0.254 e. The number of carbonyl (C=O) groups is 1. The summed E-state index contributed by atoms with van der Waals surface area (Å²) in [6.45, 7) is 4.95. The fourth-order valence-electron chi connectivity index (χ4n) is 3.81. The van der Waals surface area contributed by atoms with Gasteiger partial charge in [0.2, 0.25) is 5.95 Å². The van der Waals surface area contributed by atoms with Gasteiger partial charge >= 0.3 is 0 Å². The summed E-state index contributed by atoms with van der Waals surface area (Å²) in [7, 11) is 0. The molecule has 2 aliphatic rings. The van der Waals surface area contributed by atoms with Crippen molar-refractivity contribution in [3.8, 4) is 0 Å². The van der Waals surface area contributed by atoms with Gasteiger partial charge in [-0.15, -0.1) is 0 Å². The Kier molecular flexibility index (Phi) is 6.29. The molecule has 2 saturated carbocycles. The highest BCUT2D eigenvalue weighted by Crippen LogP contribution is 2.31. The third-order valence-electron chi connectivity index (χ3n) is 5.69. The van der Waals surface area contributed by atoms with Crippen LogP contribution in [-0.4, -0.2) is 40.7 Å². The van der Waals surface area contributed by atoms with E-state index < -0.39 is 5.91 Å². The highest BCUT2D eigenvalue weighted by molar-refractivity contribution is 5.97. The van der Waals surface area contributed by atoms with Gasteiger partial charge in [0.25, 0.3) is 5.91 Å². The SMILES string of the molecule is CCOC1CCC(Nc2ncc(C(N)=O)c(N[C@@H](C)C3CCC3)n2)CC1. The first-order chi connectivity index (χ1) is 12.6. The Bertz CT molecular complexity index is 612. The van der Waals surface area contributed by atoms with Crippen LogP contribution in [0.4, 0.5) is 11.8 Å². The minimum absolute atomic E-state index is 0.270. The smallest absolute Gasteiger partial charge is 0.254 e. The van der Waals surface area contributed by atoms with Crippen LogP contribution in [0.3, 0.4) is 0 Å². The second-order valence-corrected chi connectivity index (χ2v) is 7.52. The van der Waals surface area contributed by atoms with Crippen LogP contribution >= 0.6 is 0 Å². The molecule has 0 saturated heterocycles. The summed E-state index contributed by atoms with van der Waals surface area (Å²) in [5, 5.41) is 6.79. The number of aromatic nitrogens is 2. The van der Waals surface area contributed by atoms with Crippen LogP contribution in [0, 0.1) is 5.92 Å². The van der Waals surface area contributed by atoms with Crippen LogP contribution in [0.25, 0.3) is 0 Å². The molecule has 7 nitrogen and oxygen atoms in total. The van der Waals surface area contributed by atoms with Gasteiger partial charge in [0.1, 0.15) is 5.82 Å². The van der Waals surface area contributed by atoms with Crippen molar-refractivity contribution in [3.05, 3.63) is 11.8 Å². The van der Waals surface area contributed by atoms with Gasteiger partial charge in [0.15, 0.2) is 0 Å². The number of ether oxygens (including phenoxy) is 1. The summed E-state index contributed by atoms with van der Waals surface area (Å²) >= 11 is 0. The average molecular weight is 361 g/mol. The van der Waals surface area contributed by atoms with E-state index in [2.05, 4.69) is 27.5 Å². The maximum absolute atomic E-state index is 11.7. The minimum Gasteiger partial charge on any atom is -0.379 e. The molecule has 26 heavy (non-hydrogen) atoms. The van der Waals surface area contributed by atoms with Crippen molar-refractivity contribution in [1.29, 1.82) is 0 Å². The van der Waals surface area contributed by atoms with E-state index in [1.165, 1.54) is 25.5 Å². The molecule has 3 rings (SSSR count). The largest absolute Gasteiger partial charge is 0.379 e. The molecule has 1 aromatic rings. The third kappa shape index (κ3) is 4.63. The number of nitrogens with two attached hydrogens (primary N) is 1. The molecule has 2 fully saturated rings. The van der Waals surface area contributed by atoms with Crippen molar-refractivity contribution in [1.82, 2.24) is 9.97 Å². The lowest BCUT2D eigenvalue weighted by Gasteiger charge is -2.32. The van der Waals surface area contributed by atoms with E-state index >= 15 is 0 Å². The molecule has 0 radical (unpaired) electrons. The molecular weight excluding hydrogens is 330 g/mol. The number of hydrogen-bond donors (Lipinski definition) is 3. The molecule has 0 unspecified atom stereocenters. The van der Waals surface area contributed by atoms with Crippen LogP contribution in [-0.2, 0) is 4.74 Å². The van der Waals surface area contributed by atoms with Crippen molar-refractivity contribution in [2.75, 3.05) is 17.2 Å². The first-order valence-electron chi connectivity index (χ1n) is 9.88. The normalized spacial score (nSPS) is 24.5. The Hall–Kier alpha value is -1.89. The summed E-state index contributed by atoms with van der Waals surface area (Å²) in [4.78, 5) is 20.6. The Labute approximate surface area is 155 Å². The Balaban J connectivity index is 1.64. The zero-order chi connectivity index (χ0) is 18.5. The van der Waals surface area contributed by atoms with Crippen molar-refractivity contribution >= 4 is 17.7 Å². The number of nitrogens with zero attached hydrogens (tertiary/aromatic N) is 2. The van der Waals surface area contributed by atoms with Crippen molar-refractivity contribution in [2.45, 2.75) is 77.0 Å². The Morgan fingerprint density at radius 3 is 2.62 bits per heavy atom. The topological polar surface area (TPSA) is 102 Å². The monoisotopic (exact) mass is 361 g/mol. The molecule has 1 amide bonds. The molecule has 0 bridgehead atoms. The van der Waals surface area contributed by atoms with Crippen LogP contribution in [0.5, 0.6) is 0 Å². The molecule has 7 heteroatoms. The Morgan fingerprint density at radius 2 is 2.04 bits per heavy atom. The lowest BCUT2D eigenvalue weighted by atomic mass is 9.80. The van der Waals surface area contributed by atoms with E-state index in [0.717, 1.165) is 32.3 Å². The van der Waals surface area contributed by atoms with Gasteiger partial charge in [0.05, 0.1) is 11.7 Å². The van der Waals surface area contributed by atoms with Crippen LogP contribution < -0.4 is 16.4 Å². The van der Waals surface area contributed by atoms with Crippen LogP contribution in [0.1, 0.15) is 69.2 Å². The number of primary amides is 1. The van der Waals surface area contributed by atoms with E-state index in [1.807, 2.05) is 6.92 Å². The number of nitrogens with one attached hydrogen (secondary N) is 2. The molecule has 1 heterocycles. The quantitative estimate of drug-likeness (QED) is 0.658. The van der Waals surface area contributed by atoms with E-state index in [9.17, 15) is 4.79 Å². The zero-order valence-electron chi connectivity index (χ0n) is 15.8. The summed E-state index contributed by atoms with van der Waals surface area (Å²) in [6.07, 6.45) is 9.79. The van der Waals surface area contributed by atoms with E-state index in [4.69, 9.17) is 10.5 Å². The molecule has 144 valence electrons. The van der Waals surface area contributed by atoms with Crippen molar-refractivity contribution < 1.29 is 9.53 Å². The fourth-order valence-corrected chi connectivity index (χ4v) is 3.81. The van der Waals surface area contributed by atoms with E-state index in [1.54, 1.807) is 0 Å². The zero-order valence-corrected chi connectivity index (χ0v) is 15.8. The number of anilines is 2. The van der Waals surface area contributed by atoms with E-state index in [-0.39, 0.29) is 6.04 Å². The molecule has 1 aromatic heterocycles. The van der Waals surface area contributed by atoms with Gasteiger partial charge in [-0.3, -0.25) is 4.79 Å². The molecule has 0 aliphatic heterocycles. The molecule has 1 atom stereocenters. The lowest BCUT2D eigenvalue weighted by Crippen LogP contribution is -2.33. The minimum atomic E-state index is -0.503. The first-order valence-corrected chi connectivity index (χ1v) is 9.88. The predicted molar refractivity (Wildman–Crippen MR) is 102 cm³/mol.